The highest BCUT2D eigenvalue weighted by molar-refractivity contribution is 6.11. The first-order chi connectivity index (χ1) is 16.5. The Kier molecular flexibility index (Phi) is 7.44. The summed E-state index contributed by atoms with van der Waals surface area (Å²) in [7, 11) is 0. The van der Waals surface area contributed by atoms with Gasteiger partial charge in [-0.2, -0.15) is 0 Å². The molecule has 3 aromatic rings. The van der Waals surface area contributed by atoms with E-state index in [2.05, 4.69) is 17.1 Å². The molecule has 1 aromatic heterocycles. The van der Waals surface area contributed by atoms with Gasteiger partial charge in [0, 0.05) is 50.6 Å². The third-order valence-corrected chi connectivity index (χ3v) is 5.90. The van der Waals surface area contributed by atoms with Gasteiger partial charge in [-0.1, -0.05) is 48.6 Å². The molecule has 1 saturated heterocycles. The van der Waals surface area contributed by atoms with Gasteiger partial charge in [0.2, 0.25) is 0 Å². The van der Waals surface area contributed by atoms with Gasteiger partial charge in [-0.05, 0) is 35.9 Å². The van der Waals surface area contributed by atoms with Gasteiger partial charge in [0.25, 0.3) is 11.5 Å². The van der Waals surface area contributed by atoms with Crippen LogP contribution in [0.4, 0.5) is 4.39 Å². The van der Waals surface area contributed by atoms with E-state index in [9.17, 15) is 18.8 Å². The zero-order valence-corrected chi connectivity index (χ0v) is 18.7. The molecule has 1 aliphatic heterocycles. The Balaban J connectivity index is 1.46. The summed E-state index contributed by atoms with van der Waals surface area (Å²) in [4.78, 5) is 43.1. The van der Waals surface area contributed by atoms with Crippen LogP contribution in [0.3, 0.4) is 0 Å². The Bertz CT molecular complexity index is 1210. The number of piperazine rings is 1. The zero-order valence-electron chi connectivity index (χ0n) is 18.7. The summed E-state index contributed by atoms with van der Waals surface area (Å²) < 4.78 is 14.5. The van der Waals surface area contributed by atoms with Gasteiger partial charge in [0.15, 0.2) is 11.8 Å². The summed E-state index contributed by atoms with van der Waals surface area (Å²) in [6, 6.07) is 18.2. The molecule has 4 rings (SSSR count). The van der Waals surface area contributed by atoms with E-state index in [0.717, 1.165) is 16.7 Å². The normalized spacial score (nSPS) is 15.4. The van der Waals surface area contributed by atoms with Crippen LogP contribution in [0, 0.1) is 5.82 Å². The van der Waals surface area contributed by atoms with Gasteiger partial charge in [0.1, 0.15) is 5.82 Å². The van der Waals surface area contributed by atoms with Gasteiger partial charge < -0.3 is 4.90 Å². The maximum atomic E-state index is 13.5. The lowest BCUT2D eigenvalue weighted by molar-refractivity contribution is -0.135. The van der Waals surface area contributed by atoms with Crippen LogP contribution in [0.15, 0.2) is 89.9 Å². The predicted octanol–water partition coefficient (Wildman–Crippen LogP) is 3.27. The summed E-state index contributed by atoms with van der Waals surface area (Å²) >= 11 is 0. The highest BCUT2D eigenvalue weighted by Crippen LogP contribution is 2.18. The average Bonchev–Trinajstić information content (AvgIpc) is 2.87. The maximum absolute atomic E-state index is 13.5. The second kappa shape index (κ2) is 10.9. The molecule has 1 unspecified atom stereocenters. The lowest BCUT2D eigenvalue weighted by Gasteiger charge is -2.36. The van der Waals surface area contributed by atoms with Gasteiger partial charge in [-0.15, -0.1) is 0 Å². The van der Waals surface area contributed by atoms with Crippen LogP contribution in [-0.4, -0.2) is 58.8 Å². The van der Waals surface area contributed by atoms with Crippen LogP contribution in [0.25, 0.3) is 6.08 Å². The van der Waals surface area contributed by atoms with E-state index in [0.29, 0.717) is 26.2 Å². The van der Waals surface area contributed by atoms with Crippen LogP contribution < -0.4 is 5.56 Å². The molecule has 2 heterocycles. The number of carbonyl (C=O) groups excluding carboxylic acids is 2. The molecule has 1 fully saturated rings. The fourth-order valence-electron chi connectivity index (χ4n) is 4.01. The summed E-state index contributed by atoms with van der Waals surface area (Å²) in [6.07, 6.45) is 5.60. The number of hydrogen-bond acceptors (Lipinski definition) is 4. The standard InChI is InChI=1S/C27H26FN3O3/c28-23-13-11-22(12-14-23)26(33)25(31-16-5-4-10-24(31)32)27(34)30-19-17-29(18-20-30)15-6-9-21-7-2-1-3-8-21/h1-14,16,25H,15,17-20H2/b9-6+. The average molecular weight is 460 g/mol. The smallest absolute Gasteiger partial charge is 0.253 e. The molecule has 174 valence electrons. The molecule has 0 N–H and O–H groups in total. The molecular formula is C27H26FN3O3. The lowest BCUT2D eigenvalue weighted by atomic mass is 10.0. The molecule has 1 aliphatic rings. The van der Waals surface area contributed by atoms with Crippen molar-refractivity contribution in [3.63, 3.8) is 0 Å². The molecule has 2 aromatic carbocycles. The van der Waals surface area contributed by atoms with Crippen LogP contribution in [0.5, 0.6) is 0 Å². The van der Waals surface area contributed by atoms with Crippen molar-refractivity contribution in [2.24, 2.45) is 0 Å². The summed E-state index contributed by atoms with van der Waals surface area (Å²) in [6.45, 7) is 2.98. The van der Waals surface area contributed by atoms with Gasteiger partial charge >= 0.3 is 0 Å². The number of pyridine rings is 1. The van der Waals surface area contributed by atoms with E-state index < -0.39 is 29.1 Å². The SMILES string of the molecule is O=C(c1ccc(F)cc1)C(C(=O)N1CCN(C/C=C/c2ccccc2)CC1)n1ccccc1=O. The minimum atomic E-state index is -1.33. The van der Waals surface area contributed by atoms with Crippen molar-refractivity contribution < 1.29 is 14.0 Å². The molecule has 1 amide bonds. The predicted molar refractivity (Wildman–Crippen MR) is 129 cm³/mol. The maximum Gasteiger partial charge on any atom is 0.253 e. The Morgan fingerprint density at radius 2 is 1.56 bits per heavy atom. The fourth-order valence-corrected chi connectivity index (χ4v) is 4.01. The van der Waals surface area contributed by atoms with Crippen molar-refractivity contribution >= 4 is 17.8 Å². The van der Waals surface area contributed by atoms with Crippen molar-refractivity contribution in [3.8, 4) is 0 Å². The molecule has 0 radical (unpaired) electrons. The Labute approximate surface area is 197 Å². The third-order valence-electron chi connectivity index (χ3n) is 5.90. The number of ketones is 1. The molecular weight excluding hydrogens is 433 g/mol. The van der Waals surface area contributed by atoms with Crippen molar-refractivity contribution in [2.75, 3.05) is 32.7 Å². The minimum Gasteiger partial charge on any atom is -0.338 e. The number of Topliss-reactive ketones (excluding diaryl/α,β-unsaturated/α-hetero) is 1. The van der Waals surface area contributed by atoms with Crippen LogP contribution in [0.2, 0.25) is 0 Å². The first-order valence-corrected chi connectivity index (χ1v) is 11.2. The molecule has 7 heteroatoms. The molecule has 0 aliphatic carbocycles. The quantitative estimate of drug-likeness (QED) is 0.402. The topological polar surface area (TPSA) is 62.6 Å². The van der Waals surface area contributed by atoms with E-state index in [1.165, 1.54) is 36.5 Å². The van der Waals surface area contributed by atoms with E-state index in [4.69, 9.17) is 0 Å². The first kappa shape index (κ1) is 23.3. The molecule has 6 nitrogen and oxygen atoms in total. The van der Waals surface area contributed by atoms with Crippen molar-refractivity contribution in [1.82, 2.24) is 14.4 Å². The zero-order chi connectivity index (χ0) is 23.9. The van der Waals surface area contributed by atoms with Crippen molar-refractivity contribution in [3.05, 3.63) is 112 Å². The highest BCUT2D eigenvalue weighted by atomic mass is 19.1. The van der Waals surface area contributed by atoms with Crippen LogP contribution in [0.1, 0.15) is 22.0 Å². The van der Waals surface area contributed by atoms with E-state index in [-0.39, 0.29) is 5.56 Å². The number of benzene rings is 2. The van der Waals surface area contributed by atoms with Crippen LogP contribution >= 0.6 is 0 Å². The number of carbonyl (C=O) groups is 2. The molecule has 0 bridgehead atoms. The van der Waals surface area contributed by atoms with Crippen molar-refractivity contribution in [1.29, 1.82) is 0 Å². The molecule has 0 saturated carbocycles. The van der Waals surface area contributed by atoms with E-state index in [1.54, 1.807) is 17.0 Å². The molecule has 1 atom stereocenters. The first-order valence-electron chi connectivity index (χ1n) is 11.2. The van der Waals surface area contributed by atoms with Gasteiger partial charge in [-0.3, -0.25) is 23.9 Å². The second-order valence-corrected chi connectivity index (χ2v) is 8.16. The number of nitrogens with zero attached hydrogens (tertiary/aromatic N) is 3. The van der Waals surface area contributed by atoms with Crippen LogP contribution in [-0.2, 0) is 4.79 Å². The molecule has 0 spiro atoms. The number of aromatic nitrogens is 1. The van der Waals surface area contributed by atoms with Crippen molar-refractivity contribution in [2.45, 2.75) is 6.04 Å². The summed E-state index contributed by atoms with van der Waals surface area (Å²) in [5, 5.41) is 0. The minimum absolute atomic E-state index is 0.181. The Hall–Kier alpha value is -3.84. The van der Waals surface area contributed by atoms with E-state index >= 15 is 0 Å². The number of amides is 1. The fraction of sp³-hybridized carbons (Fsp3) is 0.222. The highest BCUT2D eigenvalue weighted by Gasteiger charge is 2.34. The summed E-state index contributed by atoms with van der Waals surface area (Å²) in [5.41, 5.74) is 0.868. The van der Waals surface area contributed by atoms with E-state index in [1.807, 2.05) is 30.3 Å². The monoisotopic (exact) mass is 459 g/mol. The summed E-state index contributed by atoms with van der Waals surface area (Å²) in [5.74, 6) is -1.44. The number of rotatable bonds is 7. The Morgan fingerprint density at radius 3 is 2.24 bits per heavy atom. The Morgan fingerprint density at radius 1 is 0.882 bits per heavy atom. The second-order valence-electron chi connectivity index (χ2n) is 8.16. The van der Waals surface area contributed by atoms with Gasteiger partial charge in [-0.25, -0.2) is 4.39 Å². The largest absolute Gasteiger partial charge is 0.338 e. The molecule has 34 heavy (non-hydrogen) atoms. The third kappa shape index (κ3) is 5.55. The number of halogens is 1. The van der Waals surface area contributed by atoms with Gasteiger partial charge in [0.05, 0.1) is 0 Å². The number of hydrogen-bond donors (Lipinski definition) is 0. The lowest BCUT2D eigenvalue weighted by Crippen LogP contribution is -2.52.